The zero-order valence-electron chi connectivity index (χ0n) is 6.21. The van der Waals surface area contributed by atoms with E-state index in [1.807, 2.05) is 0 Å². The van der Waals surface area contributed by atoms with Crippen LogP contribution in [0.4, 0.5) is 0 Å². The summed E-state index contributed by atoms with van der Waals surface area (Å²) in [6.07, 6.45) is 4.62. The highest BCUT2D eigenvalue weighted by atomic mass is 16.3. The smallest absolute Gasteiger partial charge is 0.0602 e. The molecule has 0 aromatic rings. The van der Waals surface area contributed by atoms with E-state index in [4.69, 9.17) is 0 Å². The molecule has 0 spiro atoms. The van der Waals surface area contributed by atoms with E-state index >= 15 is 0 Å². The van der Waals surface area contributed by atoms with Gasteiger partial charge >= 0.3 is 0 Å². The standard InChI is InChI=1S/C9H14O/c1-6-4-7-2-3-8(5-6)9(7)10/h7-10H,1-5H2/t7-,8+,9+. The van der Waals surface area contributed by atoms with Gasteiger partial charge in [0.2, 0.25) is 0 Å². The van der Waals surface area contributed by atoms with E-state index < -0.39 is 0 Å². The molecule has 2 saturated carbocycles. The minimum absolute atomic E-state index is 0.00509. The van der Waals surface area contributed by atoms with E-state index in [9.17, 15) is 5.11 Å². The Morgan fingerprint density at radius 1 is 1.20 bits per heavy atom. The molecule has 0 unspecified atom stereocenters. The summed E-state index contributed by atoms with van der Waals surface area (Å²) in [6.45, 7) is 3.98. The number of rotatable bonds is 0. The fraction of sp³-hybridized carbons (Fsp3) is 0.778. The van der Waals surface area contributed by atoms with Crippen LogP contribution in [0, 0.1) is 11.8 Å². The van der Waals surface area contributed by atoms with Crippen LogP contribution in [-0.2, 0) is 0 Å². The molecule has 0 amide bonds. The number of hydrogen-bond acceptors (Lipinski definition) is 1. The summed E-state index contributed by atoms with van der Waals surface area (Å²) < 4.78 is 0. The van der Waals surface area contributed by atoms with Gasteiger partial charge in [-0.3, -0.25) is 0 Å². The number of allylic oxidation sites excluding steroid dienone is 1. The maximum absolute atomic E-state index is 9.59. The Bertz CT molecular complexity index is 146. The van der Waals surface area contributed by atoms with E-state index in [0.717, 1.165) is 12.8 Å². The van der Waals surface area contributed by atoms with Crippen LogP contribution >= 0.6 is 0 Å². The topological polar surface area (TPSA) is 20.2 Å². The molecule has 0 aliphatic heterocycles. The van der Waals surface area contributed by atoms with Crippen LogP contribution in [0.5, 0.6) is 0 Å². The molecule has 1 nitrogen and oxygen atoms in total. The first-order valence-electron chi connectivity index (χ1n) is 4.12. The van der Waals surface area contributed by atoms with E-state index in [2.05, 4.69) is 6.58 Å². The lowest BCUT2D eigenvalue weighted by Crippen LogP contribution is -2.26. The highest BCUT2D eigenvalue weighted by molar-refractivity contribution is 5.08. The first-order chi connectivity index (χ1) is 4.77. The molecule has 2 bridgehead atoms. The van der Waals surface area contributed by atoms with Gasteiger partial charge in [-0.2, -0.15) is 0 Å². The summed E-state index contributed by atoms with van der Waals surface area (Å²) >= 11 is 0. The Balaban J connectivity index is 2.16. The second-order valence-electron chi connectivity index (χ2n) is 3.75. The third-order valence-corrected chi connectivity index (χ3v) is 2.98. The van der Waals surface area contributed by atoms with Crippen molar-refractivity contribution >= 4 is 0 Å². The monoisotopic (exact) mass is 138 g/mol. The molecule has 56 valence electrons. The van der Waals surface area contributed by atoms with Crippen molar-refractivity contribution < 1.29 is 5.11 Å². The predicted molar refractivity (Wildman–Crippen MR) is 40.6 cm³/mol. The van der Waals surface area contributed by atoms with Crippen LogP contribution in [0.3, 0.4) is 0 Å². The van der Waals surface area contributed by atoms with Crippen LogP contribution in [0.1, 0.15) is 25.7 Å². The minimum atomic E-state index is 0.00509. The van der Waals surface area contributed by atoms with Crippen molar-refractivity contribution in [3.63, 3.8) is 0 Å². The maximum atomic E-state index is 9.59. The van der Waals surface area contributed by atoms with E-state index in [-0.39, 0.29) is 6.10 Å². The molecule has 2 aliphatic rings. The SMILES string of the molecule is C=C1C[C@H]2CC[C@@H](C1)[C@H]2O. The molecule has 1 N–H and O–H groups in total. The van der Waals surface area contributed by atoms with Gasteiger partial charge in [0.15, 0.2) is 0 Å². The van der Waals surface area contributed by atoms with Crippen molar-refractivity contribution in [2.24, 2.45) is 11.8 Å². The molecule has 3 atom stereocenters. The molecule has 2 aliphatic carbocycles. The number of fused-ring (bicyclic) bond motifs is 2. The molecule has 10 heavy (non-hydrogen) atoms. The van der Waals surface area contributed by atoms with Gasteiger partial charge in [0.1, 0.15) is 0 Å². The van der Waals surface area contributed by atoms with Gasteiger partial charge < -0.3 is 5.11 Å². The summed E-state index contributed by atoms with van der Waals surface area (Å²) in [7, 11) is 0. The molecule has 0 aromatic carbocycles. The Labute approximate surface area is 61.8 Å². The third kappa shape index (κ3) is 0.807. The molecule has 0 heterocycles. The van der Waals surface area contributed by atoms with Gasteiger partial charge in [-0.05, 0) is 37.5 Å². The zero-order valence-corrected chi connectivity index (χ0v) is 6.21. The largest absolute Gasteiger partial charge is 0.393 e. The Morgan fingerprint density at radius 2 is 1.70 bits per heavy atom. The predicted octanol–water partition coefficient (Wildman–Crippen LogP) is 1.72. The molecule has 2 rings (SSSR count). The first kappa shape index (κ1) is 6.41. The first-order valence-corrected chi connectivity index (χ1v) is 4.12. The quantitative estimate of drug-likeness (QED) is 0.505. The fourth-order valence-electron chi connectivity index (χ4n) is 2.43. The van der Waals surface area contributed by atoms with E-state index in [1.165, 1.54) is 18.4 Å². The lowest BCUT2D eigenvalue weighted by Gasteiger charge is -2.26. The van der Waals surface area contributed by atoms with Gasteiger partial charge in [-0.1, -0.05) is 12.2 Å². The lowest BCUT2D eigenvalue weighted by atomic mass is 9.84. The minimum Gasteiger partial charge on any atom is -0.393 e. The fourth-order valence-corrected chi connectivity index (χ4v) is 2.43. The van der Waals surface area contributed by atoms with Gasteiger partial charge in [0.25, 0.3) is 0 Å². The summed E-state index contributed by atoms with van der Waals surface area (Å²) in [6, 6.07) is 0. The average Bonchev–Trinajstić information content (AvgIpc) is 2.20. The second kappa shape index (κ2) is 2.09. The van der Waals surface area contributed by atoms with Crippen molar-refractivity contribution in [1.29, 1.82) is 0 Å². The second-order valence-corrected chi connectivity index (χ2v) is 3.75. The molecular formula is C9H14O. The number of aliphatic hydroxyl groups is 1. The zero-order chi connectivity index (χ0) is 7.14. The van der Waals surface area contributed by atoms with E-state index in [0.29, 0.717) is 11.8 Å². The summed E-state index contributed by atoms with van der Waals surface area (Å²) in [5.41, 5.74) is 1.36. The van der Waals surface area contributed by atoms with Gasteiger partial charge in [0.05, 0.1) is 6.10 Å². The third-order valence-electron chi connectivity index (χ3n) is 2.98. The summed E-state index contributed by atoms with van der Waals surface area (Å²) in [5.74, 6) is 1.12. The number of hydrogen-bond donors (Lipinski definition) is 1. The van der Waals surface area contributed by atoms with Crippen molar-refractivity contribution in [1.82, 2.24) is 0 Å². The van der Waals surface area contributed by atoms with Gasteiger partial charge in [0, 0.05) is 0 Å². The summed E-state index contributed by atoms with van der Waals surface area (Å²) in [5, 5.41) is 9.59. The Morgan fingerprint density at radius 3 is 2.20 bits per heavy atom. The van der Waals surface area contributed by atoms with Crippen molar-refractivity contribution in [2.75, 3.05) is 0 Å². The molecule has 0 saturated heterocycles. The molecular weight excluding hydrogens is 124 g/mol. The molecule has 0 aromatic heterocycles. The summed E-state index contributed by atoms with van der Waals surface area (Å²) in [4.78, 5) is 0. The van der Waals surface area contributed by atoms with Crippen LogP contribution in [-0.4, -0.2) is 11.2 Å². The molecule has 2 fully saturated rings. The van der Waals surface area contributed by atoms with Crippen LogP contribution in [0.2, 0.25) is 0 Å². The highest BCUT2D eigenvalue weighted by Crippen LogP contribution is 2.43. The normalized spacial score (nSPS) is 46.1. The van der Waals surface area contributed by atoms with Crippen molar-refractivity contribution in [2.45, 2.75) is 31.8 Å². The highest BCUT2D eigenvalue weighted by Gasteiger charge is 2.38. The maximum Gasteiger partial charge on any atom is 0.0602 e. The lowest BCUT2D eigenvalue weighted by molar-refractivity contribution is 0.0764. The number of aliphatic hydroxyl groups excluding tert-OH is 1. The average molecular weight is 138 g/mol. The molecule has 0 radical (unpaired) electrons. The van der Waals surface area contributed by atoms with Gasteiger partial charge in [-0.25, -0.2) is 0 Å². The van der Waals surface area contributed by atoms with Crippen molar-refractivity contribution in [3.05, 3.63) is 12.2 Å². The Kier molecular flexibility index (Phi) is 1.34. The van der Waals surface area contributed by atoms with Crippen LogP contribution < -0.4 is 0 Å². The molecule has 1 heteroatoms. The van der Waals surface area contributed by atoms with Crippen LogP contribution in [0.25, 0.3) is 0 Å². The van der Waals surface area contributed by atoms with Crippen LogP contribution in [0.15, 0.2) is 12.2 Å². The van der Waals surface area contributed by atoms with Gasteiger partial charge in [-0.15, -0.1) is 0 Å². The Hall–Kier alpha value is -0.300. The van der Waals surface area contributed by atoms with Crippen molar-refractivity contribution in [3.8, 4) is 0 Å². The van der Waals surface area contributed by atoms with E-state index in [1.54, 1.807) is 0 Å².